The summed E-state index contributed by atoms with van der Waals surface area (Å²) in [6, 6.07) is 8.62. The molecule has 3 aromatic rings. The molecule has 1 aliphatic rings. The van der Waals surface area contributed by atoms with Crippen molar-refractivity contribution in [3.8, 4) is 5.75 Å². The van der Waals surface area contributed by atoms with Crippen molar-refractivity contribution in [1.29, 1.82) is 0 Å². The summed E-state index contributed by atoms with van der Waals surface area (Å²) in [7, 11) is 0. The van der Waals surface area contributed by atoms with Crippen LogP contribution in [0.2, 0.25) is 0 Å². The molecule has 0 bridgehead atoms. The zero-order chi connectivity index (χ0) is 21.3. The summed E-state index contributed by atoms with van der Waals surface area (Å²) in [6.45, 7) is 0.551. The van der Waals surface area contributed by atoms with Crippen LogP contribution in [-0.2, 0) is 19.3 Å². The van der Waals surface area contributed by atoms with Gasteiger partial charge in [-0.3, -0.25) is 4.98 Å². The number of pyridine rings is 1. The first-order chi connectivity index (χ1) is 14.3. The quantitative estimate of drug-likeness (QED) is 0.573. The fourth-order valence-electron chi connectivity index (χ4n) is 3.67. The largest absolute Gasteiger partial charge is 0.490 e. The highest BCUT2D eigenvalue weighted by Gasteiger charge is 2.35. The van der Waals surface area contributed by atoms with E-state index in [9.17, 15) is 22.7 Å². The van der Waals surface area contributed by atoms with Crippen LogP contribution in [-0.4, -0.2) is 22.2 Å². The average molecular weight is 420 g/mol. The summed E-state index contributed by atoms with van der Waals surface area (Å²) in [6.07, 6.45) is -0.239. The topological polar surface area (TPSA) is 54.4 Å². The summed E-state index contributed by atoms with van der Waals surface area (Å²) < 4.78 is 57.4. The summed E-state index contributed by atoms with van der Waals surface area (Å²) in [4.78, 5) is 4.12. The molecule has 0 atom stereocenters. The number of aliphatic hydroxyl groups is 1. The van der Waals surface area contributed by atoms with Gasteiger partial charge in [0.05, 0.1) is 12.2 Å². The van der Waals surface area contributed by atoms with Crippen molar-refractivity contribution >= 4 is 10.8 Å². The van der Waals surface area contributed by atoms with E-state index in [1.165, 1.54) is 6.07 Å². The van der Waals surface area contributed by atoms with Crippen molar-refractivity contribution in [3.63, 3.8) is 0 Å². The first-order valence-corrected chi connectivity index (χ1v) is 9.57. The number of alkyl halides is 3. The highest BCUT2D eigenvalue weighted by atomic mass is 19.4. The third-order valence-electron chi connectivity index (χ3n) is 5.39. The molecule has 1 saturated carbocycles. The van der Waals surface area contributed by atoms with Crippen LogP contribution in [0.15, 0.2) is 48.8 Å². The normalized spacial score (nSPS) is 19.0. The molecular formula is C22H20F4N2O2. The molecule has 1 aromatic heterocycles. The number of hydrogen-bond acceptors (Lipinski definition) is 4. The molecule has 4 nitrogen and oxygen atoms in total. The van der Waals surface area contributed by atoms with Crippen LogP contribution in [0.1, 0.15) is 29.5 Å². The van der Waals surface area contributed by atoms with Crippen molar-refractivity contribution in [1.82, 2.24) is 10.3 Å². The third-order valence-corrected chi connectivity index (χ3v) is 5.39. The summed E-state index contributed by atoms with van der Waals surface area (Å²) in [5.41, 5.74) is 0.570. The van der Waals surface area contributed by atoms with Gasteiger partial charge in [-0.1, -0.05) is 12.1 Å². The van der Waals surface area contributed by atoms with Gasteiger partial charge in [0.2, 0.25) is 0 Å². The Labute approximate surface area is 170 Å². The van der Waals surface area contributed by atoms with Gasteiger partial charge in [0.15, 0.2) is 0 Å². The lowest BCUT2D eigenvalue weighted by molar-refractivity contribution is -0.140. The first kappa shape index (κ1) is 20.6. The van der Waals surface area contributed by atoms with Crippen molar-refractivity contribution < 1.29 is 27.4 Å². The summed E-state index contributed by atoms with van der Waals surface area (Å²) >= 11 is 0. The molecule has 2 N–H and O–H groups in total. The minimum atomic E-state index is -4.75. The molecule has 1 aliphatic carbocycles. The number of halogens is 4. The van der Waals surface area contributed by atoms with Gasteiger partial charge in [0, 0.05) is 30.4 Å². The van der Waals surface area contributed by atoms with Crippen LogP contribution in [0.5, 0.6) is 5.75 Å². The minimum Gasteiger partial charge on any atom is -0.490 e. The minimum absolute atomic E-state index is 0.0188. The highest BCUT2D eigenvalue weighted by molar-refractivity contribution is 5.87. The zero-order valence-corrected chi connectivity index (χ0v) is 15.9. The lowest BCUT2D eigenvalue weighted by Crippen LogP contribution is -2.46. The summed E-state index contributed by atoms with van der Waals surface area (Å²) in [5.74, 6) is -1.29. The van der Waals surface area contributed by atoms with Gasteiger partial charge in [-0.15, -0.1) is 0 Å². The van der Waals surface area contributed by atoms with Crippen molar-refractivity contribution in [2.24, 2.45) is 0 Å². The molecule has 0 amide bonds. The van der Waals surface area contributed by atoms with Gasteiger partial charge < -0.3 is 15.2 Å². The molecule has 0 spiro atoms. The number of nitrogens with zero attached hydrogens (tertiary/aromatic N) is 1. The van der Waals surface area contributed by atoms with Crippen LogP contribution in [0.4, 0.5) is 17.6 Å². The lowest BCUT2D eigenvalue weighted by Gasteiger charge is -2.36. The van der Waals surface area contributed by atoms with E-state index in [4.69, 9.17) is 4.74 Å². The molecule has 30 heavy (non-hydrogen) atoms. The second kappa shape index (κ2) is 8.20. The number of hydrogen-bond donors (Lipinski definition) is 2. The van der Waals surface area contributed by atoms with E-state index in [-0.39, 0.29) is 24.5 Å². The molecule has 158 valence electrons. The second-order valence-corrected chi connectivity index (χ2v) is 7.39. The SMILES string of the molecule is OCc1ccc(CN[C@H]2C[C@H](Oc3ccc(F)c(C(F)(F)F)c3)C2)c2ccncc12. The van der Waals surface area contributed by atoms with Crippen molar-refractivity contribution in [2.75, 3.05) is 0 Å². The van der Waals surface area contributed by atoms with Gasteiger partial charge in [-0.05, 0) is 53.6 Å². The fraction of sp³-hybridized carbons (Fsp3) is 0.318. The molecule has 0 aliphatic heterocycles. The van der Waals surface area contributed by atoms with E-state index in [2.05, 4.69) is 10.3 Å². The molecule has 4 rings (SSSR count). The highest BCUT2D eigenvalue weighted by Crippen LogP contribution is 2.35. The molecule has 1 heterocycles. The van der Waals surface area contributed by atoms with Crippen molar-refractivity contribution in [3.05, 3.63) is 71.3 Å². The first-order valence-electron chi connectivity index (χ1n) is 9.57. The Morgan fingerprint density at radius 2 is 1.83 bits per heavy atom. The van der Waals surface area contributed by atoms with Gasteiger partial charge in [0.25, 0.3) is 0 Å². The number of fused-ring (bicyclic) bond motifs is 1. The average Bonchev–Trinajstić information content (AvgIpc) is 2.69. The third kappa shape index (κ3) is 4.24. The number of aliphatic hydroxyl groups excluding tert-OH is 1. The van der Waals surface area contributed by atoms with Crippen LogP contribution in [0.3, 0.4) is 0 Å². The Balaban J connectivity index is 1.34. The Hall–Kier alpha value is -2.71. The van der Waals surface area contributed by atoms with Gasteiger partial charge >= 0.3 is 6.18 Å². The van der Waals surface area contributed by atoms with Gasteiger partial charge in [-0.25, -0.2) is 4.39 Å². The fourth-order valence-corrected chi connectivity index (χ4v) is 3.67. The smallest absolute Gasteiger partial charge is 0.419 e. The molecule has 8 heteroatoms. The number of aromatic nitrogens is 1. The van der Waals surface area contributed by atoms with Crippen LogP contribution < -0.4 is 10.1 Å². The maximum Gasteiger partial charge on any atom is 0.419 e. The predicted octanol–water partition coefficient (Wildman–Crippen LogP) is 4.58. The molecule has 2 aromatic carbocycles. The monoisotopic (exact) mass is 420 g/mol. The Morgan fingerprint density at radius 3 is 2.57 bits per heavy atom. The molecule has 0 unspecified atom stereocenters. The number of nitrogens with one attached hydrogen (secondary N) is 1. The van der Waals surface area contributed by atoms with Gasteiger partial charge in [0.1, 0.15) is 17.7 Å². The standard InChI is InChI=1S/C22H20F4N2O2/c23-21-4-3-16(9-20(21)22(24,25)26)30-17-7-15(8-17)28-10-13-1-2-14(12-29)19-11-27-6-5-18(13)19/h1-6,9,11,15,17,28-29H,7-8,10,12H2/t15-,17-. The molecule has 1 fully saturated rings. The van der Waals surface area contributed by atoms with E-state index in [1.807, 2.05) is 18.2 Å². The van der Waals surface area contributed by atoms with E-state index in [1.54, 1.807) is 12.4 Å². The van der Waals surface area contributed by atoms with E-state index in [0.29, 0.717) is 25.5 Å². The molecular weight excluding hydrogens is 400 g/mol. The van der Waals surface area contributed by atoms with E-state index >= 15 is 0 Å². The zero-order valence-electron chi connectivity index (χ0n) is 15.9. The maximum atomic E-state index is 13.4. The number of rotatable bonds is 6. The van der Waals surface area contributed by atoms with Crippen molar-refractivity contribution in [2.45, 2.75) is 44.3 Å². The molecule has 0 radical (unpaired) electrons. The van der Waals surface area contributed by atoms with E-state index in [0.717, 1.165) is 28.0 Å². The number of benzene rings is 2. The Kier molecular flexibility index (Phi) is 5.62. The van der Waals surface area contributed by atoms with Gasteiger partial charge in [-0.2, -0.15) is 13.2 Å². The Morgan fingerprint density at radius 1 is 1.07 bits per heavy atom. The summed E-state index contributed by atoms with van der Waals surface area (Å²) in [5, 5.41) is 14.8. The molecule has 0 saturated heterocycles. The van der Waals surface area contributed by atoms with Crippen LogP contribution in [0.25, 0.3) is 10.8 Å². The maximum absolute atomic E-state index is 13.4. The second-order valence-electron chi connectivity index (χ2n) is 7.39. The Bertz CT molecular complexity index is 1050. The predicted molar refractivity (Wildman–Crippen MR) is 103 cm³/mol. The van der Waals surface area contributed by atoms with Crippen LogP contribution >= 0.6 is 0 Å². The van der Waals surface area contributed by atoms with E-state index < -0.39 is 17.6 Å². The van der Waals surface area contributed by atoms with Crippen LogP contribution in [0, 0.1) is 5.82 Å². The lowest BCUT2D eigenvalue weighted by atomic mass is 9.88. The number of ether oxygens (including phenoxy) is 1.